The molecule has 168 valence electrons. The van der Waals surface area contributed by atoms with Gasteiger partial charge in [0, 0.05) is 58.4 Å². The Bertz CT molecular complexity index is 1170. The molecule has 0 spiro atoms. The van der Waals surface area contributed by atoms with Crippen LogP contribution in [0.5, 0.6) is 0 Å². The largest absolute Gasteiger partial charge is 0.455 e. The lowest BCUT2D eigenvalue weighted by Crippen LogP contribution is -2.43. The second kappa shape index (κ2) is 9.37. The first-order valence-electron chi connectivity index (χ1n) is 10.6. The fourth-order valence-electron chi connectivity index (χ4n) is 3.54. The lowest BCUT2D eigenvalue weighted by atomic mass is 10.1. The molecule has 1 fully saturated rings. The van der Waals surface area contributed by atoms with Crippen LogP contribution in [0.3, 0.4) is 0 Å². The van der Waals surface area contributed by atoms with Crippen LogP contribution in [0, 0.1) is 0 Å². The van der Waals surface area contributed by atoms with Gasteiger partial charge < -0.3 is 9.32 Å². The Hall–Kier alpha value is -3.43. The van der Waals surface area contributed by atoms with Crippen LogP contribution in [0.1, 0.15) is 11.3 Å². The first kappa shape index (κ1) is 21.8. The van der Waals surface area contributed by atoms with Crippen molar-refractivity contribution in [1.82, 2.24) is 19.4 Å². The molecule has 1 aliphatic heterocycles. The average Bonchev–Trinajstić information content (AvgIpc) is 3.26. The number of rotatable bonds is 6. The van der Waals surface area contributed by atoms with E-state index in [1.807, 2.05) is 12.1 Å². The topological polar surface area (TPSA) is 90.1 Å². The number of H-pyrrole nitrogens is 1. The molecule has 32 heavy (non-hydrogen) atoms. The number of anilines is 1. The highest BCUT2D eigenvalue weighted by atomic mass is 16.3. The van der Waals surface area contributed by atoms with Crippen LogP contribution in [0.25, 0.3) is 11.3 Å². The van der Waals surface area contributed by atoms with E-state index in [0.29, 0.717) is 11.6 Å². The normalized spacial score (nSPS) is 15.5. The van der Waals surface area contributed by atoms with Gasteiger partial charge in [-0.05, 0) is 24.7 Å². The molecule has 1 N–H and O–H groups in total. The second-order valence-corrected chi connectivity index (χ2v) is 8.10. The summed E-state index contributed by atoms with van der Waals surface area (Å²) in [5.74, 6) is 1.62. The minimum absolute atomic E-state index is 0.303. The molecule has 0 unspecified atom stereocenters. The van der Waals surface area contributed by atoms with Gasteiger partial charge in [-0.3, -0.25) is 24.3 Å². The van der Waals surface area contributed by atoms with Crippen LogP contribution < -0.4 is 16.3 Å². The summed E-state index contributed by atoms with van der Waals surface area (Å²) in [6.45, 7) is 5.38. The second-order valence-electron chi connectivity index (χ2n) is 8.10. The Morgan fingerprint density at radius 2 is 1.78 bits per heavy atom. The maximum atomic E-state index is 11.8. The van der Waals surface area contributed by atoms with Gasteiger partial charge in [-0.25, -0.2) is 4.79 Å². The Labute approximate surface area is 186 Å². The van der Waals surface area contributed by atoms with Gasteiger partial charge in [0.05, 0.1) is 6.21 Å². The standard InChI is InChI=1S/C23H28N6O3/c1-26-10-12-29(13-11-26)16-17-4-6-18(7-5-17)20-9-8-19(32-20)15-24-28(3)21-14-22(30)27(2)23(31)25-21/h4-9,14-15H,10-13,16H2,1-3H3,(H,25,31). The number of nitrogens with one attached hydrogen (secondary N) is 1. The molecule has 0 radical (unpaired) electrons. The number of piperazine rings is 1. The number of aromatic amines is 1. The van der Waals surface area contributed by atoms with Crippen molar-refractivity contribution in [3.05, 3.63) is 74.6 Å². The van der Waals surface area contributed by atoms with Gasteiger partial charge in [0.2, 0.25) is 0 Å². The zero-order valence-electron chi connectivity index (χ0n) is 18.6. The summed E-state index contributed by atoms with van der Waals surface area (Å²) in [7, 11) is 5.22. The number of hydrogen-bond donors (Lipinski definition) is 1. The van der Waals surface area contributed by atoms with Crippen LogP contribution in [-0.4, -0.2) is 65.8 Å². The van der Waals surface area contributed by atoms with Gasteiger partial charge in [0.15, 0.2) is 0 Å². The predicted octanol–water partition coefficient (Wildman–Crippen LogP) is 1.55. The molecule has 0 atom stereocenters. The highest BCUT2D eigenvalue weighted by Gasteiger charge is 2.14. The van der Waals surface area contributed by atoms with E-state index in [-0.39, 0.29) is 0 Å². The lowest BCUT2D eigenvalue weighted by Gasteiger charge is -2.32. The molecule has 2 aromatic heterocycles. The van der Waals surface area contributed by atoms with E-state index in [1.54, 1.807) is 13.3 Å². The first-order chi connectivity index (χ1) is 15.4. The molecule has 0 aliphatic carbocycles. The highest BCUT2D eigenvalue weighted by molar-refractivity contribution is 5.78. The van der Waals surface area contributed by atoms with E-state index < -0.39 is 11.2 Å². The Morgan fingerprint density at radius 3 is 2.47 bits per heavy atom. The fourth-order valence-corrected chi connectivity index (χ4v) is 3.54. The van der Waals surface area contributed by atoms with E-state index in [0.717, 1.165) is 48.6 Å². The van der Waals surface area contributed by atoms with Crippen molar-refractivity contribution in [3.8, 4) is 11.3 Å². The molecular weight excluding hydrogens is 408 g/mol. The van der Waals surface area contributed by atoms with Crippen molar-refractivity contribution < 1.29 is 4.42 Å². The number of furan rings is 1. The van der Waals surface area contributed by atoms with Gasteiger partial charge in [0.25, 0.3) is 5.56 Å². The number of hydrogen-bond acceptors (Lipinski definition) is 7. The maximum absolute atomic E-state index is 11.8. The van der Waals surface area contributed by atoms with Crippen LogP contribution in [-0.2, 0) is 13.6 Å². The number of benzene rings is 1. The number of likely N-dealkylation sites (N-methyl/N-ethyl adjacent to an activating group) is 1. The SMILES string of the molecule is CN1CCN(Cc2ccc(-c3ccc(C=NN(C)c4cc(=O)n(C)c(=O)[nH]4)o3)cc2)CC1. The number of aromatic nitrogens is 2. The van der Waals surface area contributed by atoms with E-state index in [2.05, 4.69) is 51.2 Å². The van der Waals surface area contributed by atoms with Crippen LogP contribution in [0.4, 0.5) is 5.82 Å². The van der Waals surface area contributed by atoms with Crippen LogP contribution >= 0.6 is 0 Å². The van der Waals surface area contributed by atoms with E-state index in [4.69, 9.17) is 4.42 Å². The molecule has 1 aliphatic rings. The quantitative estimate of drug-likeness (QED) is 0.466. The van der Waals surface area contributed by atoms with E-state index in [9.17, 15) is 9.59 Å². The van der Waals surface area contributed by atoms with Crippen LogP contribution in [0.15, 0.2) is 61.6 Å². The smallest absolute Gasteiger partial charge is 0.329 e. The summed E-state index contributed by atoms with van der Waals surface area (Å²) in [5, 5.41) is 5.67. The van der Waals surface area contributed by atoms with E-state index in [1.165, 1.54) is 23.7 Å². The van der Waals surface area contributed by atoms with Crippen molar-refractivity contribution in [2.24, 2.45) is 12.1 Å². The zero-order chi connectivity index (χ0) is 22.7. The Kier molecular flexibility index (Phi) is 6.38. The summed E-state index contributed by atoms with van der Waals surface area (Å²) in [4.78, 5) is 31.0. The first-order valence-corrected chi connectivity index (χ1v) is 10.6. The molecule has 0 saturated carbocycles. The third-order valence-corrected chi connectivity index (χ3v) is 5.70. The molecule has 0 amide bonds. The Morgan fingerprint density at radius 1 is 1.06 bits per heavy atom. The van der Waals surface area contributed by atoms with Crippen LogP contribution in [0.2, 0.25) is 0 Å². The predicted molar refractivity (Wildman–Crippen MR) is 125 cm³/mol. The van der Waals surface area contributed by atoms with Crippen molar-refractivity contribution in [2.75, 3.05) is 45.3 Å². The molecule has 1 saturated heterocycles. The minimum atomic E-state index is -0.495. The summed E-state index contributed by atoms with van der Waals surface area (Å²) in [6, 6.07) is 13.5. The summed E-state index contributed by atoms with van der Waals surface area (Å²) < 4.78 is 6.89. The lowest BCUT2D eigenvalue weighted by molar-refractivity contribution is 0.148. The molecule has 3 heterocycles. The van der Waals surface area contributed by atoms with Gasteiger partial charge >= 0.3 is 5.69 Å². The average molecular weight is 437 g/mol. The third-order valence-electron chi connectivity index (χ3n) is 5.70. The number of hydrazone groups is 1. The van der Waals surface area contributed by atoms with Crippen molar-refractivity contribution >= 4 is 12.0 Å². The molecule has 3 aromatic rings. The maximum Gasteiger partial charge on any atom is 0.329 e. The zero-order valence-corrected chi connectivity index (χ0v) is 18.6. The molecule has 0 bridgehead atoms. The Balaban J connectivity index is 1.40. The molecule has 9 heteroatoms. The third kappa shape index (κ3) is 5.06. The molecular formula is C23H28N6O3. The number of nitrogens with zero attached hydrogens (tertiary/aromatic N) is 5. The summed E-state index contributed by atoms with van der Waals surface area (Å²) >= 11 is 0. The summed E-state index contributed by atoms with van der Waals surface area (Å²) in [5.41, 5.74) is 1.39. The van der Waals surface area contributed by atoms with Crippen molar-refractivity contribution in [1.29, 1.82) is 0 Å². The van der Waals surface area contributed by atoms with E-state index >= 15 is 0 Å². The summed E-state index contributed by atoms with van der Waals surface area (Å²) in [6.07, 6.45) is 1.54. The van der Waals surface area contributed by atoms with Gasteiger partial charge in [0.1, 0.15) is 17.3 Å². The minimum Gasteiger partial charge on any atom is -0.455 e. The van der Waals surface area contributed by atoms with Crippen molar-refractivity contribution in [2.45, 2.75) is 6.54 Å². The fraction of sp³-hybridized carbons (Fsp3) is 0.348. The monoisotopic (exact) mass is 436 g/mol. The highest BCUT2D eigenvalue weighted by Crippen LogP contribution is 2.22. The molecule has 9 nitrogen and oxygen atoms in total. The van der Waals surface area contributed by atoms with Gasteiger partial charge in [-0.15, -0.1) is 0 Å². The van der Waals surface area contributed by atoms with Gasteiger partial charge in [-0.1, -0.05) is 24.3 Å². The molecule has 1 aromatic carbocycles. The van der Waals surface area contributed by atoms with Gasteiger partial charge in [-0.2, -0.15) is 5.10 Å². The molecule has 4 rings (SSSR count). The van der Waals surface area contributed by atoms with Crippen molar-refractivity contribution in [3.63, 3.8) is 0 Å².